The van der Waals surface area contributed by atoms with Crippen LogP contribution in [-0.2, 0) is 0 Å². The Kier molecular flexibility index (Phi) is 3.62. The Bertz CT molecular complexity index is 584. The van der Waals surface area contributed by atoms with Gasteiger partial charge in [-0.1, -0.05) is 11.8 Å². The SMILES string of the molecule is Cc1cc(Sc2ccc(C(=O)O)cn2)ccc1F. The van der Waals surface area contributed by atoms with E-state index < -0.39 is 5.97 Å². The number of carboxylic acid groups (broad SMARTS) is 1. The van der Waals surface area contributed by atoms with Crippen molar-refractivity contribution in [3.8, 4) is 0 Å². The van der Waals surface area contributed by atoms with E-state index in [0.29, 0.717) is 10.6 Å². The van der Waals surface area contributed by atoms with Crippen LogP contribution in [0.1, 0.15) is 15.9 Å². The molecule has 0 radical (unpaired) electrons. The first kappa shape index (κ1) is 12.6. The van der Waals surface area contributed by atoms with Crippen LogP contribution in [0.4, 0.5) is 4.39 Å². The van der Waals surface area contributed by atoms with E-state index in [-0.39, 0.29) is 11.4 Å². The van der Waals surface area contributed by atoms with Crippen LogP contribution in [0.3, 0.4) is 0 Å². The molecule has 0 fully saturated rings. The second-order valence-electron chi connectivity index (χ2n) is 3.70. The second kappa shape index (κ2) is 5.18. The third-order valence-corrected chi connectivity index (χ3v) is 3.28. The van der Waals surface area contributed by atoms with E-state index >= 15 is 0 Å². The van der Waals surface area contributed by atoms with Gasteiger partial charge in [-0.3, -0.25) is 0 Å². The number of hydrogen-bond donors (Lipinski definition) is 1. The number of aromatic carboxylic acids is 1. The number of carboxylic acids is 1. The smallest absolute Gasteiger partial charge is 0.337 e. The number of nitrogens with zero attached hydrogens (tertiary/aromatic N) is 1. The normalized spacial score (nSPS) is 10.3. The molecule has 0 atom stereocenters. The van der Waals surface area contributed by atoms with Crippen LogP contribution in [0.2, 0.25) is 0 Å². The minimum atomic E-state index is -1.00. The number of pyridine rings is 1. The Morgan fingerprint density at radius 1 is 1.33 bits per heavy atom. The molecule has 0 aliphatic rings. The van der Waals surface area contributed by atoms with E-state index in [1.165, 1.54) is 30.1 Å². The molecule has 0 aliphatic heterocycles. The van der Waals surface area contributed by atoms with Crippen molar-refractivity contribution < 1.29 is 14.3 Å². The van der Waals surface area contributed by atoms with Crippen LogP contribution in [0.25, 0.3) is 0 Å². The summed E-state index contributed by atoms with van der Waals surface area (Å²) < 4.78 is 13.1. The molecular formula is C13H10FNO2S. The standard InChI is InChI=1S/C13H10FNO2S/c1-8-6-10(3-4-11(8)14)18-12-5-2-9(7-15-12)13(16)17/h2-7H,1H3,(H,16,17). The molecule has 0 saturated carbocycles. The zero-order valence-corrected chi connectivity index (χ0v) is 10.4. The molecule has 3 nitrogen and oxygen atoms in total. The second-order valence-corrected chi connectivity index (χ2v) is 4.80. The maximum atomic E-state index is 13.1. The van der Waals surface area contributed by atoms with Crippen molar-refractivity contribution in [1.82, 2.24) is 4.98 Å². The van der Waals surface area contributed by atoms with Gasteiger partial charge < -0.3 is 5.11 Å². The average Bonchev–Trinajstić information content (AvgIpc) is 2.34. The van der Waals surface area contributed by atoms with Crippen molar-refractivity contribution >= 4 is 17.7 Å². The number of hydrogen-bond acceptors (Lipinski definition) is 3. The summed E-state index contributed by atoms with van der Waals surface area (Å²) in [7, 11) is 0. The number of rotatable bonds is 3. The van der Waals surface area contributed by atoms with E-state index in [9.17, 15) is 9.18 Å². The molecule has 1 N–H and O–H groups in total. The topological polar surface area (TPSA) is 50.2 Å². The largest absolute Gasteiger partial charge is 0.478 e. The van der Waals surface area contributed by atoms with Gasteiger partial charge in [0.15, 0.2) is 0 Å². The fourth-order valence-corrected chi connectivity index (χ4v) is 2.22. The lowest BCUT2D eigenvalue weighted by Crippen LogP contribution is -1.96. The van der Waals surface area contributed by atoms with Gasteiger partial charge in [0.2, 0.25) is 0 Å². The summed E-state index contributed by atoms with van der Waals surface area (Å²) in [6.45, 7) is 1.69. The maximum absolute atomic E-state index is 13.1. The summed E-state index contributed by atoms with van der Waals surface area (Å²) in [6, 6.07) is 7.93. The zero-order chi connectivity index (χ0) is 13.1. The molecule has 5 heteroatoms. The van der Waals surface area contributed by atoms with Crippen LogP contribution in [0.5, 0.6) is 0 Å². The number of halogens is 1. The molecule has 0 saturated heterocycles. The molecule has 18 heavy (non-hydrogen) atoms. The highest BCUT2D eigenvalue weighted by molar-refractivity contribution is 7.99. The monoisotopic (exact) mass is 263 g/mol. The summed E-state index contributed by atoms with van der Waals surface area (Å²) in [5, 5.41) is 9.42. The van der Waals surface area contributed by atoms with Crippen molar-refractivity contribution in [2.75, 3.05) is 0 Å². The highest BCUT2D eigenvalue weighted by atomic mass is 32.2. The molecule has 0 bridgehead atoms. The fraction of sp³-hybridized carbons (Fsp3) is 0.0769. The van der Waals surface area contributed by atoms with Crippen LogP contribution < -0.4 is 0 Å². The lowest BCUT2D eigenvalue weighted by Gasteiger charge is -2.03. The quantitative estimate of drug-likeness (QED) is 0.922. The van der Waals surface area contributed by atoms with Crippen LogP contribution in [0, 0.1) is 12.7 Å². The predicted molar refractivity (Wildman–Crippen MR) is 66.5 cm³/mol. The number of carbonyl (C=O) groups is 1. The summed E-state index contributed by atoms with van der Waals surface area (Å²) >= 11 is 1.36. The van der Waals surface area contributed by atoms with Crippen molar-refractivity contribution in [3.05, 3.63) is 53.5 Å². The van der Waals surface area contributed by atoms with Gasteiger partial charge in [-0.2, -0.15) is 0 Å². The third-order valence-electron chi connectivity index (χ3n) is 2.34. The summed E-state index contributed by atoms with van der Waals surface area (Å²) in [5.41, 5.74) is 0.719. The highest BCUT2D eigenvalue weighted by Crippen LogP contribution is 2.27. The number of aryl methyl sites for hydroxylation is 1. The van der Waals surface area contributed by atoms with Crippen molar-refractivity contribution in [2.45, 2.75) is 16.8 Å². The highest BCUT2D eigenvalue weighted by Gasteiger charge is 2.05. The first-order valence-corrected chi connectivity index (χ1v) is 6.01. The lowest BCUT2D eigenvalue weighted by atomic mass is 10.2. The van der Waals surface area contributed by atoms with Crippen molar-refractivity contribution in [2.24, 2.45) is 0 Å². The van der Waals surface area contributed by atoms with Crippen molar-refractivity contribution in [1.29, 1.82) is 0 Å². The number of benzene rings is 1. The first-order chi connectivity index (χ1) is 8.56. The summed E-state index contributed by atoms with van der Waals surface area (Å²) in [6.07, 6.45) is 1.31. The predicted octanol–water partition coefficient (Wildman–Crippen LogP) is 3.38. The maximum Gasteiger partial charge on any atom is 0.337 e. The van der Waals surface area contributed by atoms with Gasteiger partial charge >= 0.3 is 5.97 Å². The van der Waals surface area contributed by atoms with E-state index in [2.05, 4.69) is 4.98 Å². The van der Waals surface area contributed by atoms with Gasteiger partial charge in [-0.05, 0) is 42.8 Å². The third kappa shape index (κ3) is 2.87. The van der Waals surface area contributed by atoms with Crippen LogP contribution in [-0.4, -0.2) is 16.1 Å². The van der Waals surface area contributed by atoms with E-state index in [1.54, 1.807) is 25.1 Å². The van der Waals surface area contributed by atoms with Crippen molar-refractivity contribution in [3.63, 3.8) is 0 Å². The Morgan fingerprint density at radius 3 is 2.67 bits per heavy atom. The van der Waals surface area contributed by atoms with Gasteiger partial charge in [0.1, 0.15) is 10.8 Å². The summed E-state index contributed by atoms with van der Waals surface area (Å²) in [5.74, 6) is -1.25. The Labute approximate surface area is 108 Å². The Balaban J connectivity index is 2.18. The molecule has 0 unspecified atom stereocenters. The Hall–Kier alpha value is -1.88. The van der Waals surface area contributed by atoms with E-state index in [1.807, 2.05) is 0 Å². The lowest BCUT2D eigenvalue weighted by molar-refractivity contribution is 0.0696. The summed E-state index contributed by atoms with van der Waals surface area (Å²) in [4.78, 5) is 15.6. The van der Waals surface area contributed by atoms with Gasteiger partial charge in [0, 0.05) is 11.1 Å². The molecule has 2 aromatic rings. The van der Waals surface area contributed by atoms with Gasteiger partial charge in [-0.25, -0.2) is 14.2 Å². The van der Waals surface area contributed by atoms with E-state index in [4.69, 9.17) is 5.11 Å². The molecule has 0 aliphatic carbocycles. The number of aromatic nitrogens is 1. The fourth-order valence-electron chi connectivity index (χ4n) is 1.37. The van der Waals surface area contributed by atoms with Gasteiger partial charge in [-0.15, -0.1) is 0 Å². The molecule has 0 amide bonds. The first-order valence-electron chi connectivity index (χ1n) is 5.19. The molecular weight excluding hydrogens is 253 g/mol. The van der Waals surface area contributed by atoms with E-state index in [0.717, 1.165) is 4.90 Å². The molecule has 2 rings (SSSR count). The van der Waals surface area contributed by atoms with Crippen LogP contribution >= 0.6 is 11.8 Å². The van der Waals surface area contributed by atoms with Gasteiger partial charge in [0.05, 0.1) is 5.56 Å². The zero-order valence-electron chi connectivity index (χ0n) is 9.55. The molecule has 1 heterocycles. The minimum absolute atomic E-state index is 0.148. The molecule has 92 valence electrons. The molecule has 0 spiro atoms. The molecule has 1 aromatic carbocycles. The minimum Gasteiger partial charge on any atom is -0.478 e. The average molecular weight is 263 g/mol. The molecule has 1 aromatic heterocycles. The Morgan fingerprint density at radius 2 is 2.11 bits per heavy atom. The van der Waals surface area contributed by atoms with Gasteiger partial charge in [0.25, 0.3) is 0 Å². The van der Waals surface area contributed by atoms with Crippen LogP contribution in [0.15, 0.2) is 46.5 Å².